The molecule has 0 saturated heterocycles. The average molecular weight is 741 g/mol. The Morgan fingerprint density at radius 1 is 0.636 bits per heavy atom. The van der Waals surface area contributed by atoms with Crippen LogP contribution in [0.3, 0.4) is 0 Å². The van der Waals surface area contributed by atoms with Crippen LogP contribution in [0.1, 0.15) is 136 Å². The lowest BCUT2D eigenvalue weighted by Gasteiger charge is -2.57. The van der Waals surface area contributed by atoms with Crippen LogP contribution in [0, 0.1) is 57.2 Å². The van der Waals surface area contributed by atoms with Gasteiger partial charge in [-0.2, -0.15) is 0 Å². The van der Waals surface area contributed by atoms with Crippen molar-refractivity contribution in [3.8, 4) is 0 Å². The molecule has 12 atom stereocenters. The number of rotatable bonds is 3. The Morgan fingerprint density at radius 3 is 1.62 bits per heavy atom. The van der Waals surface area contributed by atoms with Gasteiger partial charge in [0.2, 0.25) is 0 Å². The van der Waals surface area contributed by atoms with Crippen LogP contribution >= 0.6 is 0 Å². The number of pyridine rings is 2. The highest BCUT2D eigenvalue weighted by Crippen LogP contribution is 2.68. The fourth-order valence-corrected chi connectivity index (χ4v) is 14.7. The van der Waals surface area contributed by atoms with Crippen LogP contribution in [-0.4, -0.2) is 33.3 Å². The number of esters is 1. The summed E-state index contributed by atoms with van der Waals surface area (Å²) in [5.74, 6) is 4.48. The first-order valence-electron chi connectivity index (χ1n) is 21.9. The quantitative estimate of drug-likeness (QED) is 0.251. The molecule has 0 aliphatic heterocycles. The predicted molar refractivity (Wildman–Crippen MR) is 220 cm³/mol. The van der Waals surface area contributed by atoms with Gasteiger partial charge in [0.05, 0.1) is 6.10 Å². The summed E-state index contributed by atoms with van der Waals surface area (Å²) in [6, 6.07) is 8.61. The molecule has 4 saturated carbocycles. The van der Waals surface area contributed by atoms with Gasteiger partial charge in [-0.3, -0.25) is 14.8 Å². The standard InChI is InChI=1S/C26H33NO2.C24H31NO/c1-17(28)29-20-10-12-25(2)19(15-20)6-7-21-23-9-8-22(18-5-4-14-27-16-18)26(23,3)13-11-24(21)25;1-23-11-9-18(26)14-17(23)5-6-19-21-8-7-20(16-4-3-13-25-15-16)24(21,2)12-10-22(19)23/h4-6,8,14,16,20-21,23-24H,7,9-13,15H2,1-3H3;3-5,7,13,15,18-19,21-22,26H,6,8-12,14H2,1-2H3/t20-,21-,23-,24-,25-,26+;18-,19-,21-,22-,23-,24+/m00/s1. The van der Waals surface area contributed by atoms with Crippen molar-refractivity contribution in [2.45, 2.75) is 137 Å². The molecule has 0 bridgehead atoms. The number of hydrogen-bond acceptors (Lipinski definition) is 5. The van der Waals surface area contributed by atoms with Crippen molar-refractivity contribution in [2.24, 2.45) is 57.2 Å². The van der Waals surface area contributed by atoms with Crippen LogP contribution in [0.15, 0.2) is 84.5 Å². The highest BCUT2D eigenvalue weighted by atomic mass is 16.5. The number of carbonyl (C=O) groups excluding carboxylic acids is 1. The normalized spacial score (nSPS) is 42.5. The Bertz CT molecular complexity index is 1910. The maximum absolute atomic E-state index is 11.4. The summed E-state index contributed by atoms with van der Waals surface area (Å²) >= 11 is 0. The van der Waals surface area contributed by atoms with Crippen molar-refractivity contribution in [1.29, 1.82) is 0 Å². The van der Waals surface area contributed by atoms with Crippen LogP contribution in [0.4, 0.5) is 0 Å². The van der Waals surface area contributed by atoms with Gasteiger partial charge in [-0.05, 0) is 175 Å². The summed E-state index contributed by atoms with van der Waals surface area (Å²) < 4.78 is 5.58. The van der Waals surface area contributed by atoms with Gasteiger partial charge < -0.3 is 9.84 Å². The molecule has 0 amide bonds. The van der Waals surface area contributed by atoms with Crippen LogP contribution in [-0.2, 0) is 9.53 Å². The number of aliphatic hydroxyl groups is 1. The van der Waals surface area contributed by atoms with E-state index in [9.17, 15) is 9.90 Å². The largest absolute Gasteiger partial charge is 0.462 e. The summed E-state index contributed by atoms with van der Waals surface area (Å²) in [6.45, 7) is 11.6. The van der Waals surface area contributed by atoms with Crippen molar-refractivity contribution in [3.63, 3.8) is 0 Å². The summed E-state index contributed by atoms with van der Waals surface area (Å²) in [4.78, 5) is 20.2. The fourth-order valence-electron chi connectivity index (χ4n) is 14.7. The molecule has 1 N–H and O–H groups in total. The molecule has 55 heavy (non-hydrogen) atoms. The third kappa shape index (κ3) is 6.07. The molecule has 0 spiro atoms. The molecular weight excluding hydrogens is 677 g/mol. The van der Waals surface area contributed by atoms with Gasteiger partial charge in [-0.15, -0.1) is 0 Å². The van der Waals surface area contributed by atoms with Crippen LogP contribution in [0.5, 0.6) is 0 Å². The molecule has 4 fully saturated rings. The topological polar surface area (TPSA) is 72.3 Å². The number of ether oxygens (including phenoxy) is 1. The third-order valence-electron chi connectivity index (χ3n) is 17.6. The zero-order chi connectivity index (χ0) is 38.2. The molecule has 2 aromatic rings. The summed E-state index contributed by atoms with van der Waals surface area (Å²) in [6.07, 6.45) is 34.2. The SMILES string of the molecule is CC(=O)O[C@H]1CC[C@@]2(C)C(=CC[C@@H]3[C@@H]2CC[C@]2(C)C(c4cccnc4)=CC[C@@H]32)C1.C[C@]12CC[C@H](O)CC1=CC[C@@H]1[C@@H]2CC[C@]2(C)C(c3cccnc3)=CC[C@@H]12. The number of carbonyl (C=O) groups is 1. The molecule has 10 rings (SSSR count). The second kappa shape index (κ2) is 14.0. The zero-order valence-electron chi connectivity index (χ0n) is 34.1. The van der Waals surface area contributed by atoms with Crippen molar-refractivity contribution in [3.05, 3.63) is 95.6 Å². The molecule has 0 radical (unpaired) electrons. The first kappa shape index (κ1) is 37.3. The van der Waals surface area contributed by atoms with Gasteiger partial charge in [0.25, 0.3) is 0 Å². The van der Waals surface area contributed by atoms with E-state index in [-0.39, 0.29) is 29.0 Å². The maximum atomic E-state index is 11.4. The van der Waals surface area contributed by atoms with E-state index < -0.39 is 0 Å². The number of aliphatic hydroxyl groups excluding tert-OH is 1. The van der Waals surface area contributed by atoms with Gasteiger partial charge >= 0.3 is 5.97 Å². The van der Waals surface area contributed by atoms with Gasteiger partial charge in [-0.1, -0.05) is 75.3 Å². The van der Waals surface area contributed by atoms with Gasteiger partial charge in [-0.25, -0.2) is 0 Å². The molecule has 8 aliphatic carbocycles. The Labute approximate surface area is 330 Å². The number of allylic oxidation sites excluding steroid dienone is 6. The molecule has 5 nitrogen and oxygen atoms in total. The van der Waals surface area contributed by atoms with E-state index >= 15 is 0 Å². The highest BCUT2D eigenvalue weighted by molar-refractivity contribution is 5.73. The minimum Gasteiger partial charge on any atom is -0.462 e. The number of fused-ring (bicyclic) bond motifs is 10. The monoisotopic (exact) mass is 740 g/mol. The maximum Gasteiger partial charge on any atom is 0.302 e. The number of nitrogens with zero attached hydrogens (tertiary/aromatic N) is 2. The molecular formula is C50H64N2O3. The van der Waals surface area contributed by atoms with Crippen molar-refractivity contribution < 1.29 is 14.6 Å². The Hall–Kier alpha value is -3.31. The van der Waals surface area contributed by atoms with E-state index in [1.54, 1.807) is 16.7 Å². The first-order valence-corrected chi connectivity index (χ1v) is 21.9. The Balaban J connectivity index is 0.000000145. The van der Waals surface area contributed by atoms with E-state index in [0.29, 0.717) is 10.8 Å². The van der Waals surface area contributed by atoms with Crippen molar-refractivity contribution in [1.82, 2.24) is 9.97 Å². The van der Waals surface area contributed by atoms with E-state index in [2.05, 4.69) is 86.2 Å². The first-order chi connectivity index (χ1) is 26.4. The lowest BCUT2D eigenvalue weighted by atomic mass is 9.47. The average Bonchev–Trinajstić information content (AvgIpc) is 3.73. The zero-order valence-corrected chi connectivity index (χ0v) is 34.1. The summed E-state index contributed by atoms with van der Waals surface area (Å²) in [7, 11) is 0. The lowest BCUT2D eigenvalue weighted by Crippen LogP contribution is -2.50. The smallest absolute Gasteiger partial charge is 0.302 e. The molecule has 0 unspecified atom stereocenters. The molecule has 5 heteroatoms. The van der Waals surface area contributed by atoms with Crippen molar-refractivity contribution in [2.75, 3.05) is 0 Å². The second-order valence-corrected chi connectivity index (χ2v) is 20.0. The van der Waals surface area contributed by atoms with Gasteiger partial charge in [0, 0.05) is 38.1 Å². The summed E-state index contributed by atoms with van der Waals surface area (Å²) in [5, 5.41) is 10.2. The van der Waals surface area contributed by atoms with E-state index in [0.717, 1.165) is 67.6 Å². The molecule has 292 valence electrons. The second-order valence-electron chi connectivity index (χ2n) is 20.0. The lowest BCUT2D eigenvalue weighted by molar-refractivity contribution is -0.148. The van der Waals surface area contributed by atoms with E-state index in [1.807, 2.05) is 24.8 Å². The molecule has 0 aromatic carbocycles. The van der Waals surface area contributed by atoms with Gasteiger partial charge in [0.1, 0.15) is 6.10 Å². The third-order valence-corrected chi connectivity index (χ3v) is 17.6. The predicted octanol–water partition coefficient (Wildman–Crippen LogP) is 11.4. The van der Waals surface area contributed by atoms with Gasteiger partial charge in [0.15, 0.2) is 0 Å². The van der Waals surface area contributed by atoms with Crippen LogP contribution in [0.2, 0.25) is 0 Å². The Kier molecular flexibility index (Phi) is 9.46. The van der Waals surface area contributed by atoms with E-state index in [4.69, 9.17) is 4.74 Å². The minimum absolute atomic E-state index is 0.0857. The Morgan fingerprint density at radius 2 is 1.13 bits per heavy atom. The number of aromatic nitrogens is 2. The van der Waals surface area contributed by atoms with E-state index in [1.165, 1.54) is 81.4 Å². The molecule has 2 aromatic heterocycles. The minimum atomic E-state index is -0.138. The molecule has 2 heterocycles. The van der Waals surface area contributed by atoms with Crippen LogP contribution < -0.4 is 0 Å². The van der Waals surface area contributed by atoms with Crippen LogP contribution in [0.25, 0.3) is 11.1 Å². The fraction of sp³-hybridized carbons (Fsp3) is 0.620. The number of hydrogen-bond donors (Lipinski definition) is 1. The van der Waals surface area contributed by atoms with Crippen molar-refractivity contribution >= 4 is 17.1 Å². The summed E-state index contributed by atoms with van der Waals surface area (Å²) in [5.41, 5.74) is 10.1. The molecule has 8 aliphatic rings. The highest BCUT2D eigenvalue weighted by Gasteiger charge is 2.58.